The van der Waals surface area contributed by atoms with Crippen LogP contribution in [-0.2, 0) is 16.0 Å². The molecule has 130 valence electrons. The van der Waals surface area contributed by atoms with E-state index < -0.39 is 11.9 Å². The average molecular weight is 337 g/mol. The number of rotatable bonds is 6. The lowest BCUT2D eigenvalue weighted by atomic mass is 9.89. The second-order valence-corrected chi connectivity index (χ2v) is 6.67. The van der Waals surface area contributed by atoms with Gasteiger partial charge in [0.15, 0.2) is 0 Å². The average Bonchev–Trinajstić information content (AvgIpc) is 3.13. The van der Waals surface area contributed by atoms with E-state index in [0.29, 0.717) is 25.9 Å². The third-order valence-electron chi connectivity index (χ3n) is 4.91. The topological polar surface area (TPSA) is 57.6 Å². The molecule has 0 saturated carbocycles. The van der Waals surface area contributed by atoms with E-state index in [0.717, 1.165) is 12.0 Å². The van der Waals surface area contributed by atoms with Crippen LogP contribution in [0.2, 0.25) is 0 Å². The Labute approximate surface area is 148 Å². The molecule has 1 aliphatic heterocycles. The van der Waals surface area contributed by atoms with Gasteiger partial charge in [-0.2, -0.15) is 0 Å². The van der Waals surface area contributed by atoms with Gasteiger partial charge in [-0.15, -0.1) is 0 Å². The summed E-state index contributed by atoms with van der Waals surface area (Å²) in [6, 6.07) is 20.3. The molecule has 0 unspecified atom stereocenters. The minimum atomic E-state index is -0.806. The molecule has 1 N–H and O–H groups in total. The van der Waals surface area contributed by atoms with Crippen LogP contribution < -0.4 is 0 Å². The summed E-state index contributed by atoms with van der Waals surface area (Å²) in [7, 11) is 0. The molecule has 4 heteroatoms. The number of aliphatic carboxylic acids is 1. The molecule has 2 aromatic rings. The minimum Gasteiger partial charge on any atom is -0.481 e. The van der Waals surface area contributed by atoms with E-state index in [2.05, 4.69) is 24.3 Å². The van der Waals surface area contributed by atoms with Crippen LogP contribution >= 0.6 is 0 Å². The Hall–Kier alpha value is -2.62. The van der Waals surface area contributed by atoms with E-state index in [1.54, 1.807) is 4.90 Å². The SMILES string of the molecule is O=C(O)[C@@H]1CCN(C(=O)C[C@H](Cc2ccccc2)c2ccccc2)C1. The lowest BCUT2D eigenvalue weighted by Crippen LogP contribution is -2.31. The zero-order valence-corrected chi connectivity index (χ0v) is 14.2. The lowest BCUT2D eigenvalue weighted by Gasteiger charge is -2.22. The van der Waals surface area contributed by atoms with Crippen LogP contribution in [0.4, 0.5) is 0 Å². The first-order valence-electron chi connectivity index (χ1n) is 8.73. The number of amides is 1. The van der Waals surface area contributed by atoms with Gasteiger partial charge >= 0.3 is 5.97 Å². The van der Waals surface area contributed by atoms with Crippen molar-refractivity contribution in [2.75, 3.05) is 13.1 Å². The molecule has 0 radical (unpaired) electrons. The molecule has 1 saturated heterocycles. The van der Waals surface area contributed by atoms with Crippen LogP contribution in [0.25, 0.3) is 0 Å². The maximum absolute atomic E-state index is 12.7. The highest BCUT2D eigenvalue weighted by Crippen LogP contribution is 2.27. The third kappa shape index (κ3) is 4.47. The van der Waals surface area contributed by atoms with Crippen LogP contribution in [0.1, 0.15) is 29.9 Å². The second-order valence-electron chi connectivity index (χ2n) is 6.67. The number of carboxylic acid groups (broad SMARTS) is 1. The fraction of sp³-hybridized carbons (Fsp3) is 0.333. The van der Waals surface area contributed by atoms with E-state index in [-0.39, 0.29) is 11.8 Å². The number of carbonyl (C=O) groups is 2. The van der Waals surface area contributed by atoms with Gasteiger partial charge in [0, 0.05) is 19.5 Å². The summed E-state index contributed by atoms with van der Waals surface area (Å²) in [6.07, 6.45) is 1.76. The van der Waals surface area contributed by atoms with Gasteiger partial charge in [0.2, 0.25) is 5.91 Å². The quantitative estimate of drug-likeness (QED) is 0.879. The first-order valence-corrected chi connectivity index (χ1v) is 8.73. The molecule has 0 aliphatic carbocycles. The van der Waals surface area contributed by atoms with Gasteiger partial charge in [0.05, 0.1) is 5.92 Å². The van der Waals surface area contributed by atoms with Gasteiger partial charge in [-0.05, 0) is 29.9 Å². The van der Waals surface area contributed by atoms with Crippen molar-refractivity contribution < 1.29 is 14.7 Å². The Balaban J connectivity index is 1.71. The summed E-state index contributed by atoms with van der Waals surface area (Å²) < 4.78 is 0. The third-order valence-corrected chi connectivity index (χ3v) is 4.91. The van der Waals surface area contributed by atoms with Crippen LogP contribution in [0.3, 0.4) is 0 Å². The van der Waals surface area contributed by atoms with E-state index in [9.17, 15) is 9.59 Å². The summed E-state index contributed by atoms with van der Waals surface area (Å²) >= 11 is 0. The maximum atomic E-state index is 12.7. The molecule has 2 atom stereocenters. The summed E-state index contributed by atoms with van der Waals surface area (Å²) in [5, 5.41) is 9.13. The summed E-state index contributed by atoms with van der Waals surface area (Å²) in [5.41, 5.74) is 2.35. The van der Waals surface area contributed by atoms with Crippen molar-refractivity contribution in [3.63, 3.8) is 0 Å². The van der Waals surface area contributed by atoms with Crippen LogP contribution in [0.5, 0.6) is 0 Å². The second kappa shape index (κ2) is 7.97. The Morgan fingerprint density at radius 3 is 2.28 bits per heavy atom. The van der Waals surface area contributed by atoms with Crippen molar-refractivity contribution >= 4 is 11.9 Å². The van der Waals surface area contributed by atoms with Crippen molar-refractivity contribution in [1.29, 1.82) is 0 Å². The highest BCUT2D eigenvalue weighted by molar-refractivity contribution is 5.79. The zero-order chi connectivity index (χ0) is 17.6. The van der Waals surface area contributed by atoms with Gasteiger partial charge in [0.1, 0.15) is 0 Å². The number of hydrogen-bond acceptors (Lipinski definition) is 2. The molecule has 25 heavy (non-hydrogen) atoms. The normalized spacial score (nSPS) is 18.1. The largest absolute Gasteiger partial charge is 0.481 e. The molecule has 0 spiro atoms. The van der Waals surface area contributed by atoms with E-state index in [4.69, 9.17) is 5.11 Å². The van der Waals surface area contributed by atoms with Crippen LogP contribution in [0, 0.1) is 5.92 Å². The molecular formula is C21H23NO3. The minimum absolute atomic E-state index is 0.0496. The number of likely N-dealkylation sites (tertiary alicyclic amines) is 1. The first kappa shape index (κ1) is 17.2. The molecule has 4 nitrogen and oxygen atoms in total. The number of carbonyl (C=O) groups excluding carboxylic acids is 1. The number of carboxylic acids is 1. The lowest BCUT2D eigenvalue weighted by molar-refractivity contribution is -0.141. The maximum Gasteiger partial charge on any atom is 0.308 e. The molecular weight excluding hydrogens is 314 g/mol. The highest BCUT2D eigenvalue weighted by Gasteiger charge is 2.31. The molecule has 1 fully saturated rings. The number of benzene rings is 2. The van der Waals surface area contributed by atoms with Gasteiger partial charge in [0.25, 0.3) is 0 Å². The fourth-order valence-electron chi connectivity index (χ4n) is 3.46. The summed E-state index contributed by atoms with van der Waals surface area (Å²) in [5.74, 6) is -1.08. The van der Waals surface area contributed by atoms with Crippen LogP contribution in [0.15, 0.2) is 60.7 Å². The Morgan fingerprint density at radius 2 is 1.68 bits per heavy atom. The molecule has 1 amide bonds. The Bertz CT molecular complexity index is 714. The smallest absolute Gasteiger partial charge is 0.308 e. The van der Waals surface area contributed by atoms with Gasteiger partial charge in [-0.3, -0.25) is 9.59 Å². The number of hydrogen-bond donors (Lipinski definition) is 1. The van der Waals surface area contributed by atoms with E-state index >= 15 is 0 Å². The van der Waals surface area contributed by atoms with Crippen molar-refractivity contribution in [2.45, 2.75) is 25.2 Å². The molecule has 1 heterocycles. The van der Waals surface area contributed by atoms with Crippen molar-refractivity contribution in [3.8, 4) is 0 Å². The van der Waals surface area contributed by atoms with E-state index in [1.165, 1.54) is 5.56 Å². The first-order chi connectivity index (χ1) is 12.1. The van der Waals surface area contributed by atoms with Gasteiger partial charge in [-0.25, -0.2) is 0 Å². The molecule has 0 bridgehead atoms. The van der Waals surface area contributed by atoms with Crippen molar-refractivity contribution in [1.82, 2.24) is 4.90 Å². The molecule has 2 aromatic carbocycles. The Kier molecular flexibility index (Phi) is 5.49. The van der Waals surface area contributed by atoms with Gasteiger partial charge in [-0.1, -0.05) is 60.7 Å². The zero-order valence-electron chi connectivity index (χ0n) is 14.2. The Morgan fingerprint density at radius 1 is 1.04 bits per heavy atom. The molecule has 0 aromatic heterocycles. The fourth-order valence-corrected chi connectivity index (χ4v) is 3.46. The highest BCUT2D eigenvalue weighted by atomic mass is 16.4. The molecule has 1 aliphatic rings. The van der Waals surface area contributed by atoms with Crippen molar-refractivity contribution in [3.05, 3.63) is 71.8 Å². The van der Waals surface area contributed by atoms with Gasteiger partial charge < -0.3 is 10.0 Å². The standard InChI is InChI=1S/C21H23NO3/c23-20(22-12-11-18(15-22)21(24)25)14-19(17-9-5-2-6-10-17)13-16-7-3-1-4-8-16/h1-10,18-19H,11-15H2,(H,24,25)/t18-,19+/m1/s1. The summed E-state index contributed by atoms with van der Waals surface area (Å²) in [4.78, 5) is 25.5. The monoisotopic (exact) mass is 337 g/mol. The predicted octanol–water partition coefficient (Wildman–Crippen LogP) is 3.34. The van der Waals surface area contributed by atoms with E-state index in [1.807, 2.05) is 36.4 Å². The number of nitrogens with zero attached hydrogens (tertiary/aromatic N) is 1. The predicted molar refractivity (Wildman–Crippen MR) is 96.3 cm³/mol. The summed E-state index contributed by atoms with van der Waals surface area (Å²) in [6.45, 7) is 0.879. The molecule has 3 rings (SSSR count). The van der Waals surface area contributed by atoms with Crippen LogP contribution in [-0.4, -0.2) is 35.0 Å². The van der Waals surface area contributed by atoms with Crippen molar-refractivity contribution in [2.24, 2.45) is 5.92 Å².